The Labute approximate surface area is 233 Å². The molecule has 0 amide bonds. The lowest BCUT2D eigenvalue weighted by Crippen LogP contribution is -2.47. The van der Waals surface area contributed by atoms with Crippen molar-refractivity contribution in [1.29, 1.82) is 0 Å². The number of carboxylic acids is 1. The van der Waals surface area contributed by atoms with E-state index in [1.54, 1.807) is 31.6 Å². The van der Waals surface area contributed by atoms with Crippen molar-refractivity contribution in [1.82, 2.24) is 19.3 Å². The number of H-pyrrole nitrogens is 1. The fourth-order valence-electron chi connectivity index (χ4n) is 6.75. The molecule has 0 saturated carbocycles. The van der Waals surface area contributed by atoms with Crippen molar-refractivity contribution < 1.29 is 18.7 Å². The van der Waals surface area contributed by atoms with E-state index >= 15 is 4.39 Å². The Kier molecular flexibility index (Phi) is 5.75. The second-order valence-electron chi connectivity index (χ2n) is 11.0. The van der Waals surface area contributed by atoms with E-state index in [1.165, 1.54) is 10.5 Å². The quantitative estimate of drug-likeness (QED) is 0.297. The van der Waals surface area contributed by atoms with Crippen LogP contribution in [0.5, 0.6) is 0 Å². The number of hydrogen-bond donors (Lipinski definition) is 3. The molecule has 210 valence electrons. The number of rotatable bonds is 4. The zero-order valence-electron chi connectivity index (χ0n) is 22.5. The summed E-state index contributed by atoms with van der Waals surface area (Å²) < 4.78 is 31.8. The van der Waals surface area contributed by atoms with Crippen LogP contribution < -0.4 is 15.8 Å². The zero-order chi connectivity index (χ0) is 28.6. The van der Waals surface area contributed by atoms with E-state index in [-0.39, 0.29) is 10.9 Å². The number of likely N-dealkylation sites (N-methyl/N-ethyl adjacent to an activating group) is 1. The van der Waals surface area contributed by atoms with Gasteiger partial charge in [0.15, 0.2) is 11.6 Å². The first-order chi connectivity index (χ1) is 19.8. The Balaban J connectivity index is 1.53. The van der Waals surface area contributed by atoms with Gasteiger partial charge in [0.05, 0.1) is 27.7 Å². The minimum absolute atomic E-state index is 0.113. The van der Waals surface area contributed by atoms with E-state index < -0.39 is 23.2 Å². The first-order valence-corrected chi connectivity index (χ1v) is 13.6. The van der Waals surface area contributed by atoms with Crippen LogP contribution in [-0.4, -0.2) is 70.1 Å². The van der Waals surface area contributed by atoms with E-state index in [2.05, 4.69) is 32.1 Å². The second-order valence-corrected chi connectivity index (χ2v) is 11.0. The number of aromatic amines is 1. The van der Waals surface area contributed by atoms with E-state index in [1.807, 2.05) is 6.07 Å². The first-order valence-electron chi connectivity index (χ1n) is 13.6. The Morgan fingerprint density at radius 2 is 1.93 bits per heavy atom. The van der Waals surface area contributed by atoms with Crippen LogP contribution in [0.25, 0.3) is 38.6 Å². The number of pyridine rings is 3. The predicted molar refractivity (Wildman–Crippen MR) is 154 cm³/mol. The van der Waals surface area contributed by atoms with E-state index in [9.17, 15) is 19.1 Å². The van der Waals surface area contributed by atoms with Crippen LogP contribution in [0, 0.1) is 17.6 Å². The van der Waals surface area contributed by atoms with Gasteiger partial charge in [-0.3, -0.25) is 9.20 Å². The molecule has 5 aromatic rings. The van der Waals surface area contributed by atoms with Crippen molar-refractivity contribution in [2.24, 2.45) is 5.92 Å². The molecule has 2 saturated heterocycles. The number of piperidine rings is 1. The van der Waals surface area contributed by atoms with Gasteiger partial charge in [0.2, 0.25) is 0 Å². The van der Waals surface area contributed by atoms with Gasteiger partial charge < -0.3 is 25.2 Å². The molecule has 11 heteroatoms. The highest BCUT2D eigenvalue weighted by Gasteiger charge is 2.38. The van der Waals surface area contributed by atoms with Crippen molar-refractivity contribution in [3.63, 3.8) is 0 Å². The van der Waals surface area contributed by atoms with Crippen LogP contribution in [0.15, 0.2) is 47.5 Å². The van der Waals surface area contributed by atoms with Gasteiger partial charge >= 0.3 is 5.97 Å². The average molecular weight is 559 g/mol. The largest absolute Gasteiger partial charge is 0.477 e. The third-order valence-electron chi connectivity index (χ3n) is 8.88. The van der Waals surface area contributed by atoms with Crippen molar-refractivity contribution in [3.8, 4) is 11.1 Å². The highest BCUT2D eigenvalue weighted by Crippen LogP contribution is 2.45. The maximum atomic E-state index is 15.6. The lowest BCUT2D eigenvalue weighted by molar-refractivity contribution is 0.0694. The highest BCUT2D eigenvalue weighted by atomic mass is 19.2. The van der Waals surface area contributed by atoms with Gasteiger partial charge in [-0.2, -0.15) is 0 Å². The van der Waals surface area contributed by atoms with Crippen molar-refractivity contribution in [3.05, 3.63) is 70.3 Å². The van der Waals surface area contributed by atoms with Crippen molar-refractivity contribution in [2.75, 3.05) is 43.9 Å². The van der Waals surface area contributed by atoms with Gasteiger partial charge in [0, 0.05) is 61.3 Å². The third-order valence-corrected chi connectivity index (χ3v) is 8.88. The zero-order valence-corrected chi connectivity index (χ0v) is 22.5. The number of aromatic nitrogens is 3. The molecule has 0 radical (unpaired) electrons. The van der Waals surface area contributed by atoms with Crippen LogP contribution in [-0.2, 0) is 0 Å². The molecule has 2 atom stereocenters. The number of nitrogens with one attached hydrogen (secondary N) is 2. The number of aromatic carboxylic acids is 1. The Hall–Kier alpha value is -4.51. The normalized spacial score (nSPS) is 19.4. The molecular weight excluding hydrogens is 530 g/mol. The lowest BCUT2D eigenvalue weighted by Gasteiger charge is -2.39. The fraction of sp³-hybridized carbons (Fsp3) is 0.300. The highest BCUT2D eigenvalue weighted by molar-refractivity contribution is 6.18. The van der Waals surface area contributed by atoms with E-state index in [0.29, 0.717) is 63.1 Å². The molecule has 7 rings (SSSR count). The number of fused-ring (bicyclic) bond motifs is 5. The summed E-state index contributed by atoms with van der Waals surface area (Å²) in [6.45, 7) is 2.44. The topological polar surface area (TPSA) is 106 Å². The van der Waals surface area contributed by atoms with Crippen LogP contribution in [0.3, 0.4) is 0 Å². The van der Waals surface area contributed by atoms with Crippen LogP contribution >= 0.6 is 0 Å². The van der Waals surface area contributed by atoms with Crippen molar-refractivity contribution >= 4 is 44.8 Å². The van der Waals surface area contributed by atoms with Gasteiger partial charge in [-0.1, -0.05) is 6.07 Å². The maximum Gasteiger partial charge on any atom is 0.341 e. The van der Waals surface area contributed by atoms with Crippen LogP contribution in [0.2, 0.25) is 0 Å². The summed E-state index contributed by atoms with van der Waals surface area (Å²) in [5.74, 6) is -2.66. The minimum atomic E-state index is -1.31. The predicted octanol–water partition coefficient (Wildman–Crippen LogP) is 4.54. The minimum Gasteiger partial charge on any atom is -0.477 e. The Morgan fingerprint density at radius 3 is 2.71 bits per heavy atom. The number of carboxylic acid groups (broad SMARTS) is 1. The van der Waals surface area contributed by atoms with Gasteiger partial charge in [0.1, 0.15) is 11.2 Å². The van der Waals surface area contributed by atoms with E-state index in [4.69, 9.17) is 0 Å². The molecule has 4 aromatic heterocycles. The maximum absolute atomic E-state index is 15.6. The molecule has 2 aliphatic heterocycles. The summed E-state index contributed by atoms with van der Waals surface area (Å²) in [7, 11) is 3.77. The second kappa shape index (κ2) is 9.27. The molecule has 6 heterocycles. The van der Waals surface area contributed by atoms with Crippen LogP contribution in [0.1, 0.15) is 23.2 Å². The summed E-state index contributed by atoms with van der Waals surface area (Å²) in [5.41, 5.74) is 2.74. The monoisotopic (exact) mass is 558 g/mol. The molecule has 2 fully saturated rings. The Bertz CT molecular complexity index is 1950. The lowest BCUT2D eigenvalue weighted by atomic mass is 9.91. The SMILES string of the molecule is CNc1cc(F)c(F)c2c1[nH]c1ncc(-c3ccc4ccc(C(=O)O)c(=O)n4c3)c(N3CC[C@@H]4CCN(C)[C@@H]4C3)c12. The first kappa shape index (κ1) is 25.5. The summed E-state index contributed by atoms with van der Waals surface area (Å²) >= 11 is 0. The van der Waals surface area contributed by atoms with Crippen LogP contribution in [0.4, 0.5) is 20.2 Å². The standard InChI is InChI=1S/C30H28F2N6O3/c1-33-21-11-20(31)25(32)23-24-27(37-10-8-15-7-9-36(2)22(15)14-37)19(12-34-28(24)35-26(21)23)16-3-4-17-5-6-18(30(40)41)29(39)38(17)13-16/h3-6,11-13,15,22,33H,7-10,14H2,1-2H3,(H,34,35)(H,40,41)/t15-,22+/m0/s1. The number of nitrogens with zero attached hydrogens (tertiary/aromatic N) is 4. The van der Waals surface area contributed by atoms with Gasteiger partial charge in [-0.05, 0) is 50.6 Å². The number of carbonyl (C=O) groups is 1. The van der Waals surface area contributed by atoms with Gasteiger partial charge in [0.25, 0.3) is 5.56 Å². The summed E-state index contributed by atoms with van der Waals surface area (Å²) in [4.78, 5) is 37.1. The number of hydrogen-bond acceptors (Lipinski definition) is 6. The summed E-state index contributed by atoms with van der Waals surface area (Å²) in [6.07, 6.45) is 5.36. The third kappa shape index (κ3) is 3.79. The van der Waals surface area contributed by atoms with Crippen molar-refractivity contribution in [2.45, 2.75) is 18.9 Å². The molecule has 0 unspecified atom stereocenters. The number of benzene rings is 1. The summed E-state index contributed by atoms with van der Waals surface area (Å²) in [5, 5.41) is 13.0. The smallest absolute Gasteiger partial charge is 0.341 e. The number of anilines is 2. The molecule has 1 aromatic carbocycles. The molecule has 0 bridgehead atoms. The Morgan fingerprint density at radius 1 is 1.15 bits per heavy atom. The summed E-state index contributed by atoms with van der Waals surface area (Å²) in [6, 6.07) is 7.89. The fourth-order valence-corrected chi connectivity index (χ4v) is 6.75. The molecule has 0 spiro atoms. The molecule has 41 heavy (non-hydrogen) atoms. The van der Waals surface area contributed by atoms with Gasteiger partial charge in [-0.25, -0.2) is 18.6 Å². The molecular formula is C30H28F2N6O3. The average Bonchev–Trinajstić information content (AvgIpc) is 3.55. The number of likely N-dealkylation sites (tertiary alicyclic amines) is 1. The molecule has 0 aliphatic carbocycles. The van der Waals surface area contributed by atoms with E-state index in [0.717, 1.165) is 32.0 Å². The van der Waals surface area contributed by atoms with Gasteiger partial charge in [-0.15, -0.1) is 0 Å². The molecule has 2 aliphatic rings. The molecule has 9 nitrogen and oxygen atoms in total. The molecule has 3 N–H and O–H groups in total. The number of halogens is 2.